The second-order valence-corrected chi connectivity index (χ2v) is 13.6. The minimum atomic E-state index is -1.81. The van der Waals surface area contributed by atoms with Gasteiger partial charge in [-0.2, -0.15) is 10.1 Å². The molecule has 0 radical (unpaired) electrons. The van der Waals surface area contributed by atoms with E-state index in [1.54, 1.807) is 0 Å². The Labute approximate surface area is 274 Å². The van der Waals surface area contributed by atoms with Gasteiger partial charge in [0, 0.05) is 30.5 Å². The van der Waals surface area contributed by atoms with Crippen molar-refractivity contribution in [2.75, 3.05) is 13.2 Å². The number of unbranched alkanes of at least 4 members (excludes halogenated alkanes) is 2. The maximum Gasteiger partial charge on any atom is 0.424 e. The minimum Gasteiger partial charge on any atom is -0.464 e. The lowest BCUT2D eigenvalue weighted by Crippen LogP contribution is -2.44. The van der Waals surface area contributed by atoms with Crippen molar-refractivity contribution < 1.29 is 34.1 Å². The van der Waals surface area contributed by atoms with Gasteiger partial charge in [-0.05, 0) is 46.1 Å². The van der Waals surface area contributed by atoms with Gasteiger partial charge in [-0.3, -0.25) is 4.79 Å². The molecule has 0 spiro atoms. The topological polar surface area (TPSA) is 163 Å². The summed E-state index contributed by atoms with van der Waals surface area (Å²) in [5.74, 6) is -1.36. The molecule has 12 nitrogen and oxygen atoms in total. The van der Waals surface area contributed by atoms with Crippen molar-refractivity contribution in [3.8, 4) is 11.1 Å². The zero-order valence-corrected chi connectivity index (χ0v) is 27.7. The Bertz CT molecular complexity index is 1590. The fourth-order valence-corrected chi connectivity index (χ4v) is 5.62. The standard InChI is InChI=1S/C35H43N5O7/c1-34(2,3)27-20-39(38-29(27)35(4,5)6)30(40(32(43)44)33(45)46)37-28(41)18-8-7-13-19-36-31(42)47-21-26-24-16-11-9-14-22(24)23-15-10-12-17-25(23)26/h9-12,14-17,20,26H,7-8,13,18-19,21H2,1-6H3,(H,36,42)(H,43,44)(H,45,46). The summed E-state index contributed by atoms with van der Waals surface area (Å²) in [7, 11) is 0. The van der Waals surface area contributed by atoms with Crippen LogP contribution in [0, 0.1) is 0 Å². The number of rotatable bonds is 8. The van der Waals surface area contributed by atoms with Crippen LogP contribution >= 0.6 is 0 Å². The van der Waals surface area contributed by atoms with Gasteiger partial charge >= 0.3 is 18.3 Å². The summed E-state index contributed by atoms with van der Waals surface area (Å²) >= 11 is 0. The molecule has 1 heterocycles. The number of amides is 4. The predicted octanol–water partition coefficient (Wildman–Crippen LogP) is 6.97. The number of hydrogen-bond donors (Lipinski definition) is 3. The van der Waals surface area contributed by atoms with E-state index in [4.69, 9.17) is 4.74 Å². The van der Waals surface area contributed by atoms with Crippen LogP contribution in [-0.2, 0) is 20.4 Å². The van der Waals surface area contributed by atoms with Crippen LogP contribution in [0.5, 0.6) is 0 Å². The molecule has 1 aromatic heterocycles. The first kappa shape index (κ1) is 34.9. The Balaban J connectivity index is 1.32. The van der Waals surface area contributed by atoms with Crippen molar-refractivity contribution in [2.45, 2.75) is 84.0 Å². The largest absolute Gasteiger partial charge is 0.464 e. The molecular weight excluding hydrogens is 602 g/mol. The van der Waals surface area contributed by atoms with E-state index in [-0.39, 0.29) is 23.8 Å². The Hall–Kier alpha value is -5.00. The molecule has 3 N–H and O–H groups in total. The highest BCUT2D eigenvalue weighted by Crippen LogP contribution is 2.44. The number of hydrogen-bond acceptors (Lipinski definition) is 6. The third-order valence-corrected chi connectivity index (χ3v) is 7.93. The molecule has 0 aliphatic heterocycles. The number of benzene rings is 2. The molecule has 1 aliphatic carbocycles. The van der Waals surface area contributed by atoms with Crippen LogP contribution in [0.2, 0.25) is 0 Å². The van der Waals surface area contributed by atoms with E-state index in [1.165, 1.54) is 6.20 Å². The van der Waals surface area contributed by atoms with Crippen molar-refractivity contribution in [3.63, 3.8) is 0 Å². The number of aliphatic imine (C=N–C) groups is 1. The molecule has 0 bridgehead atoms. The van der Waals surface area contributed by atoms with Gasteiger partial charge in [0.15, 0.2) is 0 Å². The number of alkyl carbamates (subject to hydrolysis) is 1. The van der Waals surface area contributed by atoms with E-state index in [1.807, 2.05) is 65.8 Å². The van der Waals surface area contributed by atoms with E-state index in [2.05, 4.69) is 39.7 Å². The van der Waals surface area contributed by atoms with Crippen molar-refractivity contribution in [1.29, 1.82) is 0 Å². The first-order valence-electron chi connectivity index (χ1n) is 15.7. The molecule has 1 aliphatic rings. The zero-order valence-electron chi connectivity index (χ0n) is 27.7. The average Bonchev–Trinajstić information content (AvgIpc) is 3.58. The van der Waals surface area contributed by atoms with Gasteiger partial charge in [-0.15, -0.1) is 4.90 Å². The Kier molecular flexibility index (Phi) is 10.5. The van der Waals surface area contributed by atoms with E-state index in [0.717, 1.165) is 32.5 Å². The minimum absolute atomic E-state index is 0.0118. The van der Waals surface area contributed by atoms with E-state index < -0.39 is 41.0 Å². The van der Waals surface area contributed by atoms with E-state index in [0.29, 0.717) is 31.5 Å². The summed E-state index contributed by atoms with van der Waals surface area (Å²) in [6, 6.07) is 16.2. The van der Waals surface area contributed by atoms with Gasteiger partial charge < -0.3 is 20.3 Å². The Morgan fingerprint density at radius 3 is 1.96 bits per heavy atom. The molecule has 0 fully saturated rings. The molecule has 4 amide bonds. The van der Waals surface area contributed by atoms with Crippen molar-refractivity contribution in [1.82, 2.24) is 20.0 Å². The lowest BCUT2D eigenvalue weighted by molar-refractivity contribution is -0.117. The summed E-state index contributed by atoms with van der Waals surface area (Å²) in [6.07, 6.45) is -1.16. The molecule has 0 saturated carbocycles. The molecule has 250 valence electrons. The van der Waals surface area contributed by atoms with Crippen LogP contribution in [0.4, 0.5) is 14.4 Å². The van der Waals surface area contributed by atoms with Crippen LogP contribution in [0.1, 0.15) is 95.5 Å². The van der Waals surface area contributed by atoms with Crippen molar-refractivity contribution in [3.05, 3.63) is 77.1 Å². The van der Waals surface area contributed by atoms with Gasteiger partial charge in [-0.1, -0.05) is 96.5 Å². The summed E-state index contributed by atoms with van der Waals surface area (Å²) in [5.41, 5.74) is 5.10. The molecule has 4 rings (SSSR count). The summed E-state index contributed by atoms with van der Waals surface area (Å²) in [5, 5.41) is 26.6. The van der Waals surface area contributed by atoms with Crippen molar-refractivity contribution in [2.24, 2.45) is 4.99 Å². The number of aromatic nitrogens is 2. The first-order chi connectivity index (χ1) is 22.1. The molecule has 0 saturated heterocycles. The quantitative estimate of drug-likeness (QED) is 0.134. The Morgan fingerprint density at radius 2 is 1.45 bits per heavy atom. The highest BCUT2D eigenvalue weighted by Gasteiger charge is 2.34. The summed E-state index contributed by atoms with van der Waals surface area (Å²) in [6.45, 7) is 12.2. The number of ether oxygens (including phenoxy) is 1. The number of carbonyl (C=O) groups is 4. The molecule has 3 aromatic rings. The second kappa shape index (κ2) is 14.2. The average molecular weight is 646 g/mol. The lowest BCUT2D eigenvalue weighted by Gasteiger charge is -2.24. The normalized spacial score (nSPS) is 13.1. The number of carboxylic acid groups (broad SMARTS) is 2. The highest BCUT2D eigenvalue weighted by atomic mass is 16.5. The van der Waals surface area contributed by atoms with Gasteiger partial charge in [0.2, 0.25) is 11.9 Å². The highest BCUT2D eigenvalue weighted by molar-refractivity contribution is 6.10. The molecular formula is C35H43N5O7. The summed E-state index contributed by atoms with van der Waals surface area (Å²) < 4.78 is 6.61. The van der Waals surface area contributed by atoms with Crippen LogP contribution < -0.4 is 5.32 Å². The maximum atomic E-state index is 12.9. The predicted molar refractivity (Wildman–Crippen MR) is 177 cm³/mol. The third-order valence-electron chi connectivity index (χ3n) is 7.93. The first-order valence-corrected chi connectivity index (χ1v) is 15.7. The molecule has 12 heteroatoms. The second-order valence-electron chi connectivity index (χ2n) is 13.6. The Morgan fingerprint density at radius 1 is 0.872 bits per heavy atom. The molecule has 47 heavy (non-hydrogen) atoms. The number of nitrogens with zero attached hydrogens (tertiary/aromatic N) is 4. The fourth-order valence-electron chi connectivity index (χ4n) is 5.62. The van der Waals surface area contributed by atoms with Crippen LogP contribution in [0.25, 0.3) is 11.1 Å². The van der Waals surface area contributed by atoms with Crippen molar-refractivity contribution >= 4 is 30.1 Å². The van der Waals surface area contributed by atoms with Gasteiger partial charge in [0.1, 0.15) is 6.61 Å². The fraction of sp³-hybridized carbons (Fsp3) is 0.429. The van der Waals surface area contributed by atoms with Crippen LogP contribution in [0.3, 0.4) is 0 Å². The monoisotopic (exact) mass is 645 g/mol. The number of fused-ring (bicyclic) bond motifs is 3. The SMILES string of the molecule is CC(C)(C)c1cn(C(=NC(=O)CCCCCNC(=O)OCC2c3ccccc3-c3ccccc32)N(C(=O)O)C(=O)O)nc1C(C)(C)C. The van der Waals surface area contributed by atoms with Crippen LogP contribution in [0.15, 0.2) is 59.7 Å². The molecule has 2 aromatic carbocycles. The number of nitrogens with one attached hydrogen (secondary N) is 1. The van der Waals surface area contributed by atoms with Gasteiger partial charge in [0.25, 0.3) is 0 Å². The number of carbonyl (C=O) groups excluding carboxylic acids is 2. The molecule has 0 unspecified atom stereocenters. The third kappa shape index (κ3) is 8.24. The zero-order chi connectivity index (χ0) is 34.5. The lowest BCUT2D eigenvalue weighted by atomic mass is 9.80. The van der Waals surface area contributed by atoms with E-state index >= 15 is 0 Å². The smallest absolute Gasteiger partial charge is 0.424 e. The van der Waals surface area contributed by atoms with Crippen LogP contribution in [-0.4, -0.2) is 68.2 Å². The summed E-state index contributed by atoms with van der Waals surface area (Å²) in [4.78, 5) is 53.0. The molecule has 0 atom stereocenters. The van der Waals surface area contributed by atoms with E-state index in [9.17, 15) is 29.4 Å². The van der Waals surface area contributed by atoms with Gasteiger partial charge in [0.05, 0.1) is 5.69 Å². The number of imide groups is 1. The maximum absolute atomic E-state index is 12.9. The van der Waals surface area contributed by atoms with Gasteiger partial charge in [-0.25, -0.2) is 19.1 Å².